The molecule has 0 spiro atoms. The third-order valence-electron chi connectivity index (χ3n) is 26.0. The van der Waals surface area contributed by atoms with E-state index in [0.29, 0.717) is 46.3 Å². The van der Waals surface area contributed by atoms with E-state index in [1.54, 1.807) is 0 Å². The van der Waals surface area contributed by atoms with Crippen molar-refractivity contribution in [2.24, 2.45) is 0 Å². The number of nitrogens with zero attached hydrogens (tertiary/aromatic N) is 10. The lowest BCUT2D eigenvalue weighted by Crippen LogP contribution is -2.00. The fourth-order valence-electron chi connectivity index (χ4n) is 19.1. The Morgan fingerprint density at radius 2 is 0.305 bits per heavy atom. The number of benzene rings is 18. The average molecular weight is 1810 g/mol. The summed E-state index contributed by atoms with van der Waals surface area (Å²) in [5.74, 6) is 3.25. The van der Waals surface area contributed by atoms with Crippen molar-refractivity contribution in [1.82, 2.24) is 49.8 Å². The molecule has 0 N–H and O–H groups in total. The van der Waals surface area contributed by atoms with Crippen molar-refractivity contribution in [2.75, 3.05) is 0 Å². The van der Waals surface area contributed by atoms with Crippen LogP contribution in [0, 0.1) is 0 Å². The fourth-order valence-corrected chi connectivity index (χ4v) is 19.1. The smallest absolute Gasteiger partial charge is 0.228 e. The number of rotatable bonds is 15. The van der Waals surface area contributed by atoms with Gasteiger partial charge in [-0.3, -0.25) is 0 Å². The summed E-state index contributed by atoms with van der Waals surface area (Å²) in [4.78, 5) is 49.8. The highest BCUT2D eigenvalue weighted by Crippen LogP contribution is 2.47. The van der Waals surface area contributed by atoms with Gasteiger partial charge in [0, 0.05) is 99.1 Å². The lowest BCUT2D eigenvalue weighted by molar-refractivity contribution is 0.655. The van der Waals surface area contributed by atoms with Gasteiger partial charge in [0.2, 0.25) is 17.1 Å². The highest BCUT2D eigenvalue weighted by atomic mass is 16.3. The largest absolute Gasteiger partial charge is 0.438 e. The minimum atomic E-state index is 0.617. The highest BCUT2D eigenvalue weighted by Gasteiger charge is 2.25. The molecular weight excluding hydrogens is 1730 g/mol. The average Bonchev–Trinajstić information content (AvgIpc) is 1.61. The molecule has 0 unspecified atom stereocenters. The Bertz CT molecular complexity index is 8480. The van der Waals surface area contributed by atoms with Crippen LogP contribution in [0.3, 0.4) is 0 Å². The number of hydrogen-bond donors (Lipinski definition) is 0. The standard InChI is InChI=1S/2C43H27N3O.C42H26N4O/c1-3-11-28(12-4-1)29-19-21-30(22-20-29)37-27-38(45-42(44-37)33-13-5-2-6-14-33)31-23-25-32(26-24-31)40-34-15-7-9-17-36(34)46-43-41(40)35-16-8-10-18-39(35)47-43;1-3-11-28(12-4-1)29-19-21-31(22-20-29)38-27-37(30-13-5-2-6-14-30)44-42(45-38)33-25-23-32(24-26-33)40-34-15-7-9-17-36(34)46-43-41(40)35-16-8-10-18-39(35)47-43;1-3-11-27(12-4-1)28-19-23-31(24-20-28)40-44-39(30-13-5-2-6-14-30)45-41(46-40)32-25-21-29(22-26-32)37-33-15-7-9-17-35(33)43-42-38(37)34-16-8-10-18-36(34)47-42/h2*1-27H;1-26H. The minimum absolute atomic E-state index is 0.617. The van der Waals surface area contributed by atoms with E-state index >= 15 is 0 Å². The number of fused-ring (bicyclic) bond motifs is 12. The Balaban J connectivity index is 0.000000111. The minimum Gasteiger partial charge on any atom is -0.438 e. The van der Waals surface area contributed by atoms with Crippen LogP contribution >= 0.6 is 0 Å². The molecule has 0 aliphatic rings. The molecule has 0 fully saturated rings. The Labute approximate surface area is 810 Å². The van der Waals surface area contributed by atoms with Crippen molar-refractivity contribution < 1.29 is 13.3 Å². The quantitative estimate of drug-likeness (QED) is 0.0951. The number of para-hydroxylation sites is 6. The van der Waals surface area contributed by atoms with E-state index in [4.69, 9.17) is 63.1 Å². The van der Waals surface area contributed by atoms with Gasteiger partial charge < -0.3 is 13.3 Å². The first-order chi connectivity index (χ1) is 69.8. The van der Waals surface area contributed by atoms with E-state index in [0.717, 1.165) is 194 Å². The van der Waals surface area contributed by atoms with Crippen LogP contribution in [0.25, 0.3) is 268 Å². The number of furan rings is 3. The van der Waals surface area contributed by atoms with Crippen LogP contribution in [0.4, 0.5) is 0 Å². The van der Waals surface area contributed by atoms with Crippen molar-refractivity contribution in [3.05, 3.63) is 485 Å². The molecule has 18 aromatic carbocycles. The van der Waals surface area contributed by atoms with Gasteiger partial charge in [-0.15, -0.1) is 0 Å². The van der Waals surface area contributed by atoms with Crippen LogP contribution in [0.2, 0.25) is 0 Å². The zero-order valence-corrected chi connectivity index (χ0v) is 75.9. The summed E-state index contributed by atoms with van der Waals surface area (Å²) in [6.07, 6.45) is 0. The van der Waals surface area contributed by atoms with Crippen LogP contribution in [0.5, 0.6) is 0 Å². The van der Waals surface area contributed by atoms with Gasteiger partial charge >= 0.3 is 0 Å². The van der Waals surface area contributed by atoms with Gasteiger partial charge in [0.25, 0.3) is 0 Å². The second-order valence-electron chi connectivity index (χ2n) is 34.7. The molecule has 0 bridgehead atoms. The molecule has 0 atom stereocenters. The van der Waals surface area contributed by atoms with E-state index in [1.807, 2.05) is 176 Å². The molecule has 0 saturated carbocycles. The lowest BCUT2D eigenvalue weighted by Gasteiger charge is -2.12. The molecule has 9 aromatic heterocycles. The Morgan fingerprint density at radius 3 is 0.574 bits per heavy atom. The van der Waals surface area contributed by atoms with Crippen molar-refractivity contribution in [3.8, 4) is 169 Å². The summed E-state index contributed by atoms with van der Waals surface area (Å²) in [6, 6.07) is 166. The van der Waals surface area contributed by atoms with E-state index < -0.39 is 0 Å². The molecule has 0 radical (unpaired) electrons. The Kier molecular flexibility index (Phi) is 21.6. The molecule has 27 aromatic rings. The van der Waals surface area contributed by atoms with Gasteiger partial charge in [0.05, 0.1) is 55.5 Å². The summed E-state index contributed by atoms with van der Waals surface area (Å²) in [7, 11) is 0. The molecule has 27 rings (SSSR count). The van der Waals surface area contributed by atoms with Crippen molar-refractivity contribution in [3.63, 3.8) is 0 Å². The molecule has 0 saturated heterocycles. The molecule has 0 aliphatic carbocycles. The summed E-state index contributed by atoms with van der Waals surface area (Å²) < 4.78 is 18.7. The molecule has 0 aliphatic heterocycles. The highest BCUT2D eigenvalue weighted by molar-refractivity contribution is 6.21. The zero-order chi connectivity index (χ0) is 93.5. The van der Waals surface area contributed by atoms with Crippen LogP contribution in [0.1, 0.15) is 0 Å². The first-order valence-electron chi connectivity index (χ1n) is 47.0. The lowest BCUT2D eigenvalue weighted by atomic mass is 9.95. The molecule has 660 valence electrons. The van der Waals surface area contributed by atoms with E-state index in [2.05, 4.69) is 309 Å². The maximum atomic E-state index is 6.23. The van der Waals surface area contributed by atoms with Crippen LogP contribution < -0.4 is 0 Å². The van der Waals surface area contributed by atoms with E-state index in [-0.39, 0.29) is 0 Å². The first kappa shape index (κ1) is 83.6. The third-order valence-corrected chi connectivity index (χ3v) is 26.0. The van der Waals surface area contributed by atoms with Gasteiger partial charge in [-0.2, -0.15) is 0 Å². The third kappa shape index (κ3) is 16.3. The first-order valence-corrected chi connectivity index (χ1v) is 47.0. The van der Waals surface area contributed by atoms with Gasteiger partial charge in [-0.25, -0.2) is 49.8 Å². The van der Waals surface area contributed by atoms with E-state index in [9.17, 15) is 0 Å². The molecule has 0 amide bonds. The van der Waals surface area contributed by atoms with Crippen LogP contribution in [0.15, 0.2) is 499 Å². The van der Waals surface area contributed by atoms with Gasteiger partial charge in [0.15, 0.2) is 29.1 Å². The molecule has 9 heterocycles. The maximum absolute atomic E-state index is 6.23. The predicted molar refractivity (Wildman–Crippen MR) is 573 cm³/mol. The summed E-state index contributed by atoms with van der Waals surface area (Å²) in [5, 5.41) is 9.49. The van der Waals surface area contributed by atoms with Crippen LogP contribution in [-0.2, 0) is 0 Å². The molecule has 13 nitrogen and oxygen atoms in total. The fraction of sp³-hybridized carbons (Fsp3) is 0. The normalized spacial score (nSPS) is 11.4. The molecular formula is C128H80N10O3. The number of hydrogen-bond acceptors (Lipinski definition) is 13. The predicted octanol–water partition coefficient (Wildman–Crippen LogP) is 33.2. The SMILES string of the molecule is c1ccc(-c2ccc(-c3cc(-c4ccc(-c5c6ccccc6nc6oc7ccccc7c56)cc4)nc(-c4ccccc4)n3)cc2)cc1.c1ccc(-c2ccc(-c3cc(-c4ccccc4)nc(-c4ccc(-c5c6ccccc6nc6oc7ccccc7c56)cc4)n3)cc2)cc1.c1ccc(-c2ccc(-c3nc(-c4ccccc4)nc(-c4ccc(-c5c6ccccc6nc6oc7ccccc7c56)cc4)n3)cc2)cc1. The van der Waals surface area contributed by atoms with Crippen molar-refractivity contribution in [2.45, 2.75) is 0 Å². The monoisotopic (exact) mass is 1800 g/mol. The number of pyridine rings is 3. The topological polar surface area (TPSA) is 168 Å². The number of aromatic nitrogens is 10. The second-order valence-corrected chi connectivity index (χ2v) is 34.7. The Morgan fingerprint density at radius 1 is 0.128 bits per heavy atom. The Hall–Kier alpha value is -19.2. The van der Waals surface area contributed by atoms with Gasteiger partial charge in [-0.05, 0) is 98.6 Å². The van der Waals surface area contributed by atoms with Crippen molar-refractivity contribution >= 4 is 98.9 Å². The van der Waals surface area contributed by atoms with Crippen LogP contribution in [-0.4, -0.2) is 49.8 Å². The summed E-state index contributed by atoms with van der Waals surface area (Å²) in [5.41, 5.74) is 33.1. The van der Waals surface area contributed by atoms with Gasteiger partial charge in [-0.1, -0.05) is 437 Å². The summed E-state index contributed by atoms with van der Waals surface area (Å²) in [6.45, 7) is 0. The molecule has 13 heteroatoms. The zero-order valence-electron chi connectivity index (χ0n) is 75.9. The second kappa shape index (κ2) is 36.5. The van der Waals surface area contributed by atoms with Crippen molar-refractivity contribution in [1.29, 1.82) is 0 Å². The van der Waals surface area contributed by atoms with Gasteiger partial charge in [0.1, 0.15) is 16.7 Å². The summed E-state index contributed by atoms with van der Waals surface area (Å²) >= 11 is 0. The molecule has 141 heavy (non-hydrogen) atoms. The maximum Gasteiger partial charge on any atom is 0.228 e. The van der Waals surface area contributed by atoms with E-state index in [1.165, 1.54) is 27.8 Å².